The summed E-state index contributed by atoms with van der Waals surface area (Å²) in [5, 5.41) is 20.6. The van der Waals surface area contributed by atoms with E-state index in [2.05, 4.69) is 4.98 Å². The maximum atomic E-state index is 10.6. The Bertz CT molecular complexity index is 681. The van der Waals surface area contributed by atoms with Gasteiger partial charge in [0.1, 0.15) is 24.7 Å². The van der Waals surface area contributed by atoms with Crippen molar-refractivity contribution < 1.29 is 14.8 Å². The molecule has 2 rings (SSSR count). The van der Waals surface area contributed by atoms with Gasteiger partial charge in [-0.1, -0.05) is 12.1 Å². The highest BCUT2D eigenvalue weighted by Crippen LogP contribution is 2.25. The Morgan fingerprint density at radius 2 is 2.05 bits per heavy atom. The van der Waals surface area contributed by atoms with Gasteiger partial charge in [0.2, 0.25) is 6.33 Å². The van der Waals surface area contributed by atoms with Gasteiger partial charge in [0.25, 0.3) is 0 Å². The van der Waals surface area contributed by atoms with Crippen molar-refractivity contribution in [2.24, 2.45) is 0 Å². The summed E-state index contributed by atoms with van der Waals surface area (Å²) in [6, 6.07) is 4.00. The number of aromatic nitrogens is 2. The van der Waals surface area contributed by atoms with E-state index in [1.807, 2.05) is 32.9 Å². The molecule has 2 aromatic rings. The minimum Gasteiger partial charge on any atom is -0.490 e. The molecule has 118 valence electrons. The Kier molecular flexibility index (Phi) is 4.77. The highest BCUT2D eigenvalue weighted by Gasteiger charge is 2.14. The van der Waals surface area contributed by atoms with Gasteiger partial charge >= 0.3 is 5.82 Å². The predicted octanol–water partition coefficient (Wildman–Crippen LogP) is 2.16. The van der Waals surface area contributed by atoms with Crippen LogP contribution in [0.4, 0.5) is 5.82 Å². The Morgan fingerprint density at radius 3 is 2.68 bits per heavy atom. The van der Waals surface area contributed by atoms with Gasteiger partial charge in [-0.2, -0.15) is 0 Å². The number of rotatable bonds is 6. The number of aliphatic hydroxyl groups is 1. The summed E-state index contributed by atoms with van der Waals surface area (Å²) in [5.41, 5.74) is 3.18. The molecule has 1 aromatic carbocycles. The second-order valence-corrected chi connectivity index (χ2v) is 5.30. The highest BCUT2D eigenvalue weighted by atomic mass is 16.6. The number of aryl methyl sites for hydroxylation is 2. The van der Waals surface area contributed by atoms with E-state index in [-0.39, 0.29) is 19.0 Å². The first-order valence-electron chi connectivity index (χ1n) is 6.92. The van der Waals surface area contributed by atoms with Crippen LogP contribution in [0.2, 0.25) is 0 Å². The summed E-state index contributed by atoms with van der Waals surface area (Å²) in [5.74, 6) is 0.536. The number of aliphatic hydroxyl groups excluding tert-OH is 1. The highest BCUT2D eigenvalue weighted by molar-refractivity contribution is 5.44. The molecule has 7 heteroatoms. The van der Waals surface area contributed by atoms with Crippen LogP contribution in [0.1, 0.15) is 16.7 Å². The van der Waals surface area contributed by atoms with Crippen LogP contribution in [0.3, 0.4) is 0 Å². The summed E-state index contributed by atoms with van der Waals surface area (Å²) in [6.07, 6.45) is 1.82. The van der Waals surface area contributed by atoms with E-state index >= 15 is 0 Å². The van der Waals surface area contributed by atoms with Crippen LogP contribution >= 0.6 is 0 Å². The van der Waals surface area contributed by atoms with Crippen LogP contribution in [0, 0.1) is 30.9 Å². The van der Waals surface area contributed by atoms with Crippen LogP contribution in [0.5, 0.6) is 5.75 Å². The SMILES string of the molecule is Cc1ccc(C)c(OCC(O)Cn2cnc([N+](=O)[O-])c2)c1C. The van der Waals surface area contributed by atoms with Crippen molar-refractivity contribution in [3.8, 4) is 5.75 Å². The van der Waals surface area contributed by atoms with E-state index in [9.17, 15) is 15.2 Å². The number of nitro groups is 1. The van der Waals surface area contributed by atoms with Crippen LogP contribution in [0.15, 0.2) is 24.7 Å². The Balaban J connectivity index is 1.97. The molecular formula is C15H19N3O4. The van der Waals surface area contributed by atoms with E-state index in [1.165, 1.54) is 17.1 Å². The monoisotopic (exact) mass is 305 g/mol. The Labute approximate surface area is 128 Å². The fourth-order valence-electron chi connectivity index (χ4n) is 2.17. The van der Waals surface area contributed by atoms with Gasteiger partial charge < -0.3 is 24.5 Å². The second-order valence-electron chi connectivity index (χ2n) is 5.30. The molecule has 0 aliphatic carbocycles. The van der Waals surface area contributed by atoms with Crippen LogP contribution in [-0.2, 0) is 6.54 Å². The molecule has 1 aromatic heterocycles. The lowest BCUT2D eigenvalue weighted by Gasteiger charge is -2.16. The fourth-order valence-corrected chi connectivity index (χ4v) is 2.17. The normalized spacial score (nSPS) is 12.2. The Morgan fingerprint density at radius 1 is 1.36 bits per heavy atom. The zero-order chi connectivity index (χ0) is 16.3. The smallest absolute Gasteiger partial charge is 0.381 e. The summed E-state index contributed by atoms with van der Waals surface area (Å²) >= 11 is 0. The molecule has 7 nitrogen and oxygen atoms in total. The molecule has 22 heavy (non-hydrogen) atoms. The van der Waals surface area contributed by atoms with E-state index < -0.39 is 11.0 Å². The topological polar surface area (TPSA) is 90.4 Å². The largest absolute Gasteiger partial charge is 0.490 e. The van der Waals surface area contributed by atoms with Crippen molar-refractivity contribution in [2.75, 3.05) is 6.61 Å². The number of benzene rings is 1. The molecule has 1 N–H and O–H groups in total. The predicted molar refractivity (Wildman–Crippen MR) is 81.0 cm³/mol. The van der Waals surface area contributed by atoms with Crippen molar-refractivity contribution in [3.63, 3.8) is 0 Å². The van der Waals surface area contributed by atoms with Crippen LogP contribution < -0.4 is 4.74 Å². The molecule has 0 radical (unpaired) electrons. The van der Waals surface area contributed by atoms with Gasteiger partial charge in [0, 0.05) is 0 Å². The average Bonchev–Trinajstić information content (AvgIpc) is 2.92. The van der Waals surface area contributed by atoms with Gasteiger partial charge in [0.05, 0.1) is 6.54 Å². The summed E-state index contributed by atoms with van der Waals surface area (Å²) < 4.78 is 7.19. The molecule has 0 fully saturated rings. The van der Waals surface area contributed by atoms with Crippen molar-refractivity contribution in [1.29, 1.82) is 0 Å². The third-order valence-corrected chi connectivity index (χ3v) is 3.52. The summed E-state index contributed by atoms with van der Waals surface area (Å²) in [7, 11) is 0. The third-order valence-electron chi connectivity index (χ3n) is 3.52. The molecule has 0 spiro atoms. The molecule has 1 atom stereocenters. The standard InChI is InChI=1S/C15H19N3O4/c1-10-4-5-11(2)15(12(10)3)22-8-13(19)6-17-7-14(16-9-17)18(20)21/h4-5,7,9,13,19H,6,8H2,1-3H3. The maximum absolute atomic E-state index is 10.6. The van der Waals surface area contributed by atoms with Crippen molar-refractivity contribution in [3.05, 3.63) is 51.5 Å². The molecule has 0 saturated heterocycles. The average molecular weight is 305 g/mol. The van der Waals surface area contributed by atoms with E-state index in [0.717, 1.165) is 22.4 Å². The van der Waals surface area contributed by atoms with Gasteiger partial charge in [-0.25, -0.2) is 0 Å². The number of nitrogens with zero attached hydrogens (tertiary/aromatic N) is 3. The molecule has 1 unspecified atom stereocenters. The molecule has 0 bridgehead atoms. The number of imidazole rings is 1. The quantitative estimate of drug-likeness (QED) is 0.652. The van der Waals surface area contributed by atoms with Crippen LogP contribution in [0.25, 0.3) is 0 Å². The molecular weight excluding hydrogens is 286 g/mol. The van der Waals surface area contributed by atoms with Crippen molar-refractivity contribution in [2.45, 2.75) is 33.4 Å². The summed E-state index contributed by atoms with van der Waals surface area (Å²) in [6.45, 7) is 6.22. The van der Waals surface area contributed by atoms with Crippen molar-refractivity contribution in [1.82, 2.24) is 9.55 Å². The molecule has 0 saturated carbocycles. The zero-order valence-corrected chi connectivity index (χ0v) is 12.8. The van der Waals surface area contributed by atoms with Crippen LogP contribution in [-0.4, -0.2) is 32.3 Å². The number of hydrogen-bond donors (Lipinski definition) is 1. The molecule has 0 aliphatic heterocycles. The first-order chi connectivity index (χ1) is 10.4. The minimum absolute atomic E-state index is 0.108. The van der Waals surface area contributed by atoms with Gasteiger partial charge in [0.15, 0.2) is 0 Å². The van der Waals surface area contributed by atoms with E-state index in [0.29, 0.717) is 0 Å². The summed E-state index contributed by atoms with van der Waals surface area (Å²) in [4.78, 5) is 13.6. The van der Waals surface area contributed by atoms with Gasteiger partial charge in [-0.05, 0) is 47.4 Å². The molecule has 0 aliphatic rings. The van der Waals surface area contributed by atoms with Crippen molar-refractivity contribution >= 4 is 5.82 Å². The molecule has 0 amide bonds. The number of ether oxygens (including phenoxy) is 1. The fraction of sp³-hybridized carbons (Fsp3) is 0.400. The first-order valence-corrected chi connectivity index (χ1v) is 6.92. The second kappa shape index (κ2) is 6.57. The van der Waals surface area contributed by atoms with Gasteiger partial charge in [-0.3, -0.25) is 0 Å². The Hall–Kier alpha value is -2.41. The third kappa shape index (κ3) is 3.62. The minimum atomic E-state index is -0.784. The maximum Gasteiger partial charge on any atom is 0.381 e. The lowest BCUT2D eigenvalue weighted by atomic mass is 10.1. The van der Waals surface area contributed by atoms with Gasteiger partial charge in [-0.15, -0.1) is 0 Å². The first kappa shape index (κ1) is 16.0. The number of hydrogen-bond acceptors (Lipinski definition) is 5. The molecule has 1 heterocycles. The lowest BCUT2D eigenvalue weighted by molar-refractivity contribution is -0.389. The zero-order valence-electron chi connectivity index (χ0n) is 12.8. The van der Waals surface area contributed by atoms with E-state index in [1.54, 1.807) is 0 Å². The lowest BCUT2D eigenvalue weighted by Crippen LogP contribution is -2.23. The van der Waals surface area contributed by atoms with E-state index in [4.69, 9.17) is 4.74 Å².